The van der Waals surface area contributed by atoms with Crippen LogP contribution >= 0.6 is 0 Å². The number of benzene rings is 1. The van der Waals surface area contributed by atoms with Gasteiger partial charge in [-0.15, -0.1) is 0 Å². The first-order valence-electron chi connectivity index (χ1n) is 8.67. The van der Waals surface area contributed by atoms with Crippen LogP contribution in [0.15, 0.2) is 30.5 Å². The Morgan fingerprint density at radius 3 is 2.92 bits per heavy atom. The molecule has 1 aliphatic heterocycles. The summed E-state index contributed by atoms with van der Waals surface area (Å²) in [6.07, 6.45) is 3.25. The van der Waals surface area contributed by atoms with Crippen molar-refractivity contribution in [2.45, 2.75) is 32.8 Å². The van der Waals surface area contributed by atoms with Gasteiger partial charge in [-0.3, -0.25) is 4.79 Å². The summed E-state index contributed by atoms with van der Waals surface area (Å²) in [6, 6.07) is 7.58. The number of carbonyl (C=O) groups is 1. The maximum atomic E-state index is 12.8. The van der Waals surface area contributed by atoms with Crippen molar-refractivity contribution in [3.63, 3.8) is 0 Å². The van der Waals surface area contributed by atoms with E-state index in [4.69, 9.17) is 4.74 Å². The number of likely N-dealkylation sites (tertiary alicyclic amines) is 1. The average molecular weight is 343 g/mol. The number of hydrogen-bond donors (Lipinski definition) is 1. The van der Waals surface area contributed by atoms with Crippen molar-refractivity contribution in [1.29, 1.82) is 0 Å². The van der Waals surface area contributed by atoms with Gasteiger partial charge in [0.25, 0.3) is 5.91 Å². The zero-order valence-corrected chi connectivity index (χ0v) is 15.0. The number of amides is 1. The highest BCUT2D eigenvalue weighted by molar-refractivity contribution is 5.92. The molecular weight excluding hydrogens is 318 g/mol. The van der Waals surface area contributed by atoms with E-state index in [0.29, 0.717) is 24.5 Å². The first-order chi connectivity index (χ1) is 12.0. The van der Waals surface area contributed by atoms with Crippen molar-refractivity contribution < 1.29 is 14.6 Å². The van der Waals surface area contributed by atoms with E-state index in [0.717, 1.165) is 24.1 Å². The largest absolute Gasteiger partial charge is 0.494 e. The molecule has 1 aliphatic rings. The highest BCUT2D eigenvalue weighted by Crippen LogP contribution is 2.24. The second kappa shape index (κ2) is 7.27. The van der Waals surface area contributed by atoms with Crippen molar-refractivity contribution in [2.24, 2.45) is 5.92 Å². The molecule has 2 unspecified atom stereocenters. The fourth-order valence-electron chi connectivity index (χ4n) is 3.30. The number of aliphatic hydroxyl groups is 1. The molecule has 6 heteroatoms. The fourth-order valence-corrected chi connectivity index (χ4v) is 3.30. The summed E-state index contributed by atoms with van der Waals surface area (Å²) in [6.45, 7) is 5.08. The molecule has 1 N–H and O–H groups in total. The van der Waals surface area contributed by atoms with Gasteiger partial charge in [-0.1, -0.05) is 6.07 Å². The van der Waals surface area contributed by atoms with Crippen LogP contribution in [0.4, 0.5) is 0 Å². The molecule has 1 saturated heterocycles. The number of carbonyl (C=O) groups excluding carboxylic acids is 1. The van der Waals surface area contributed by atoms with Crippen molar-refractivity contribution in [3.8, 4) is 11.4 Å². The van der Waals surface area contributed by atoms with Crippen LogP contribution in [0, 0.1) is 12.8 Å². The number of nitrogens with zero attached hydrogens (tertiary/aromatic N) is 3. The molecule has 0 aliphatic carbocycles. The fraction of sp³-hybridized carbons (Fsp3) is 0.474. The van der Waals surface area contributed by atoms with E-state index in [-0.39, 0.29) is 11.8 Å². The molecule has 1 fully saturated rings. The Kier molecular flexibility index (Phi) is 5.08. The monoisotopic (exact) mass is 343 g/mol. The minimum atomic E-state index is -0.398. The minimum absolute atomic E-state index is 0.0873. The van der Waals surface area contributed by atoms with Gasteiger partial charge in [0.15, 0.2) is 5.69 Å². The molecular formula is C19H25N3O3. The lowest BCUT2D eigenvalue weighted by atomic mass is 9.93. The Labute approximate surface area is 148 Å². The molecule has 0 radical (unpaired) electrons. The number of rotatable bonds is 4. The Bertz CT molecular complexity index is 754. The van der Waals surface area contributed by atoms with E-state index in [1.165, 1.54) is 0 Å². The maximum absolute atomic E-state index is 12.8. The van der Waals surface area contributed by atoms with Crippen LogP contribution in [-0.2, 0) is 0 Å². The average Bonchev–Trinajstić information content (AvgIpc) is 3.11. The lowest BCUT2D eigenvalue weighted by Crippen LogP contribution is -2.43. The van der Waals surface area contributed by atoms with Gasteiger partial charge in [-0.2, -0.15) is 5.10 Å². The highest BCUT2D eigenvalue weighted by Gasteiger charge is 2.28. The Morgan fingerprint density at radius 2 is 2.20 bits per heavy atom. The first kappa shape index (κ1) is 17.5. The molecule has 0 spiro atoms. The van der Waals surface area contributed by atoms with E-state index in [2.05, 4.69) is 5.10 Å². The maximum Gasteiger partial charge on any atom is 0.274 e. The Hall–Kier alpha value is -2.34. The van der Waals surface area contributed by atoms with Gasteiger partial charge in [-0.05, 0) is 50.5 Å². The lowest BCUT2D eigenvalue weighted by molar-refractivity contribution is 0.0461. The molecule has 2 aromatic rings. The van der Waals surface area contributed by atoms with Crippen molar-refractivity contribution in [2.75, 3.05) is 20.2 Å². The normalized spacial score (nSPS) is 18.9. The molecule has 1 aromatic heterocycles. The number of aromatic nitrogens is 2. The van der Waals surface area contributed by atoms with Crippen LogP contribution in [-0.4, -0.2) is 52.0 Å². The van der Waals surface area contributed by atoms with Crippen molar-refractivity contribution in [1.82, 2.24) is 14.7 Å². The predicted octanol–water partition coefficient (Wildman–Crippen LogP) is 2.42. The number of hydrogen-bond acceptors (Lipinski definition) is 4. The van der Waals surface area contributed by atoms with Crippen LogP contribution in [0.5, 0.6) is 5.75 Å². The summed E-state index contributed by atoms with van der Waals surface area (Å²) in [5, 5.41) is 14.3. The van der Waals surface area contributed by atoms with E-state index < -0.39 is 6.10 Å². The quantitative estimate of drug-likeness (QED) is 0.926. The summed E-state index contributed by atoms with van der Waals surface area (Å²) < 4.78 is 7.07. The van der Waals surface area contributed by atoms with E-state index in [1.807, 2.05) is 25.1 Å². The third kappa shape index (κ3) is 3.69. The lowest BCUT2D eigenvalue weighted by Gasteiger charge is -2.33. The number of ether oxygens (including phenoxy) is 1. The number of aryl methyl sites for hydroxylation is 1. The van der Waals surface area contributed by atoms with Crippen LogP contribution < -0.4 is 4.74 Å². The van der Waals surface area contributed by atoms with Crippen LogP contribution in [0.2, 0.25) is 0 Å². The molecule has 134 valence electrons. The molecule has 2 atom stereocenters. The second-order valence-electron chi connectivity index (χ2n) is 6.71. The van der Waals surface area contributed by atoms with Crippen LogP contribution in [0.25, 0.3) is 5.69 Å². The number of methoxy groups -OCH3 is 1. The molecule has 0 bridgehead atoms. The zero-order chi connectivity index (χ0) is 18.0. The summed E-state index contributed by atoms with van der Waals surface area (Å²) in [5.74, 6) is 0.757. The van der Waals surface area contributed by atoms with Gasteiger partial charge in [-0.25, -0.2) is 4.68 Å². The topological polar surface area (TPSA) is 67.6 Å². The van der Waals surface area contributed by atoms with E-state index in [1.54, 1.807) is 35.9 Å². The Balaban J connectivity index is 1.82. The van der Waals surface area contributed by atoms with Gasteiger partial charge in [0, 0.05) is 25.2 Å². The molecule has 2 heterocycles. The molecule has 1 amide bonds. The van der Waals surface area contributed by atoms with Gasteiger partial charge >= 0.3 is 0 Å². The summed E-state index contributed by atoms with van der Waals surface area (Å²) in [7, 11) is 1.62. The van der Waals surface area contributed by atoms with Crippen molar-refractivity contribution >= 4 is 5.91 Å². The summed E-state index contributed by atoms with van der Waals surface area (Å²) in [4.78, 5) is 14.6. The van der Waals surface area contributed by atoms with Crippen molar-refractivity contribution in [3.05, 3.63) is 41.7 Å². The van der Waals surface area contributed by atoms with Gasteiger partial charge in [0.1, 0.15) is 11.4 Å². The van der Waals surface area contributed by atoms with Crippen LogP contribution in [0.3, 0.4) is 0 Å². The first-order valence-corrected chi connectivity index (χ1v) is 8.67. The smallest absolute Gasteiger partial charge is 0.274 e. The van der Waals surface area contributed by atoms with Gasteiger partial charge in [0.05, 0.1) is 13.2 Å². The van der Waals surface area contributed by atoms with E-state index >= 15 is 0 Å². The predicted molar refractivity (Wildman–Crippen MR) is 95.2 cm³/mol. The SMILES string of the molecule is COc1ccc(C)cc1-n1ccc(C(=O)N2CCCC(C(C)O)C2)n1. The number of piperidine rings is 1. The standard InChI is InChI=1S/C19H25N3O3/c1-13-6-7-18(25-3)17(11-13)22-10-8-16(20-22)19(24)21-9-4-5-15(12-21)14(2)23/h6-8,10-11,14-15,23H,4-5,9,12H2,1-3H3. The van der Waals surface area contributed by atoms with Crippen LogP contribution in [0.1, 0.15) is 35.8 Å². The molecule has 25 heavy (non-hydrogen) atoms. The third-order valence-electron chi connectivity index (χ3n) is 4.82. The third-order valence-corrected chi connectivity index (χ3v) is 4.82. The second-order valence-corrected chi connectivity index (χ2v) is 6.71. The molecule has 0 saturated carbocycles. The number of aliphatic hydroxyl groups excluding tert-OH is 1. The zero-order valence-electron chi connectivity index (χ0n) is 15.0. The van der Waals surface area contributed by atoms with Gasteiger partial charge < -0.3 is 14.7 Å². The molecule has 3 rings (SSSR count). The molecule has 1 aromatic carbocycles. The van der Waals surface area contributed by atoms with Gasteiger partial charge in [0.2, 0.25) is 0 Å². The van der Waals surface area contributed by atoms with E-state index in [9.17, 15) is 9.90 Å². The molecule has 6 nitrogen and oxygen atoms in total. The minimum Gasteiger partial charge on any atom is -0.494 e. The Morgan fingerprint density at radius 1 is 1.40 bits per heavy atom. The highest BCUT2D eigenvalue weighted by atomic mass is 16.5. The summed E-state index contributed by atoms with van der Waals surface area (Å²) >= 11 is 0. The summed E-state index contributed by atoms with van der Waals surface area (Å²) in [5.41, 5.74) is 2.31.